The molecule has 6 nitrogen and oxygen atoms in total. The summed E-state index contributed by atoms with van der Waals surface area (Å²) in [5.74, 6) is -1.14. The zero-order chi connectivity index (χ0) is 19.0. The molecule has 3 saturated heterocycles. The van der Waals surface area contributed by atoms with Crippen LogP contribution in [0.25, 0.3) is 0 Å². The molecule has 1 spiro atoms. The molecule has 0 atom stereocenters. The predicted molar refractivity (Wildman–Crippen MR) is 104 cm³/mol. The summed E-state index contributed by atoms with van der Waals surface area (Å²) in [6.07, 6.45) is 4.24. The molecule has 0 aliphatic carbocycles. The van der Waals surface area contributed by atoms with Gasteiger partial charge in [0.25, 0.3) is 0 Å². The summed E-state index contributed by atoms with van der Waals surface area (Å²) in [5, 5.41) is 9.31. The van der Waals surface area contributed by atoms with E-state index < -0.39 is 5.97 Å². The lowest BCUT2D eigenvalue weighted by Gasteiger charge is -2.44. The van der Waals surface area contributed by atoms with Crippen molar-refractivity contribution in [1.82, 2.24) is 4.90 Å². The van der Waals surface area contributed by atoms with Crippen LogP contribution in [-0.2, 0) is 9.47 Å². The van der Waals surface area contributed by atoms with Gasteiger partial charge in [-0.05, 0) is 49.9 Å². The molecule has 3 heterocycles. The zero-order valence-electron chi connectivity index (χ0n) is 16.4. The normalized spacial score (nSPS) is 23.9. The molecule has 0 radical (unpaired) electrons. The third-order valence-corrected chi connectivity index (χ3v) is 6.68. The first-order valence-electron chi connectivity index (χ1n) is 10.1. The Kier molecular flexibility index (Phi) is 5.14. The number of rotatable bonds is 3. The fraction of sp³-hybridized carbons (Fsp3) is 0.667. The Morgan fingerprint density at radius 1 is 1.04 bits per heavy atom. The Morgan fingerprint density at radius 3 is 2.26 bits per heavy atom. The van der Waals surface area contributed by atoms with Crippen molar-refractivity contribution in [2.24, 2.45) is 0 Å². The number of anilines is 1. The van der Waals surface area contributed by atoms with Crippen molar-refractivity contribution in [3.8, 4) is 0 Å². The van der Waals surface area contributed by atoms with Crippen molar-refractivity contribution in [2.45, 2.75) is 51.4 Å². The highest BCUT2D eigenvalue weighted by atomic mass is 16.7. The molecule has 0 aromatic heterocycles. The van der Waals surface area contributed by atoms with E-state index >= 15 is 0 Å². The Balaban J connectivity index is 1.36. The maximum Gasteiger partial charge on any atom is 0.335 e. The van der Waals surface area contributed by atoms with E-state index in [0.29, 0.717) is 11.6 Å². The second-order valence-electron chi connectivity index (χ2n) is 8.05. The number of hydrogen-bond donors (Lipinski definition) is 1. The van der Waals surface area contributed by atoms with E-state index in [0.717, 1.165) is 76.2 Å². The lowest BCUT2D eigenvalue weighted by Crippen LogP contribution is -2.52. The fourth-order valence-electron chi connectivity index (χ4n) is 4.87. The molecule has 27 heavy (non-hydrogen) atoms. The second-order valence-corrected chi connectivity index (χ2v) is 8.05. The van der Waals surface area contributed by atoms with Gasteiger partial charge in [0.15, 0.2) is 5.79 Å². The smallest absolute Gasteiger partial charge is 0.335 e. The second kappa shape index (κ2) is 7.41. The van der Waals surface area contributed by atoms with Gasteiger partial charge in [0.05, 0.1) is 18.8 Å². The van der Waals surface area contributed by atoms with E-state index in [4.69, 9.17) is 9.47 Å². The van der Waals surface area contributed by atoms with Gasteiger partial charge in [0.2, 0.25) is 0 Å². The maximum atomic E-state index is 11.3. The van der Waals surface area contributed by atoms with Gasteiger partial charge in [-0.2, -0.15) is 0 Å². The Labute approximate surface area is 161 Å². The minimum absolute atomic E-state index is 0.294. The van der Waals surface area contributed by atoms with Gasteiger partial charge in [-0.3, -0.25) is 4.90 Å². The largest absolute Gasteiger partial charge is 0.478 e. The number of carbonyl (C=O) groups is 1. The molecule has 4 rings (SSSR count). The molecule has 1 aromatic rings. The summed E-state index contributed by atoms with van der Waals surface area (Å²) in [4.78, 5) is 16.4. The van der Waals surface area contributed by atoms with Gasteiger partial charge in [-0.25, -0.2) is 4.79 Å². The van der Waals surface area contributed by atoms with Gasteiger partial charge >= 0.3 is 5.97 Å². The molecule has 0 unspecified atom stereocenters. The number of benzene rings is 1. The van der Waals surface area contributed by atoms with Crippen molar-refractivity contribution in [3.05, 3.63) is 28.8 Å². The minimum Gasteiger partial charge on any atom is -0.478 e. The number of aromatic carboxylic acids is 1. The van der Waals surface area contributed by atoms with Crippen LogP contribution in [0.5, 0.6) is 0 Å². The molecule has 148 valence electrons. The SMILES string of the molecule is Cc1c(C(=O)O)ccc(N2CCC(N3CCC4(CC3)OCCO4)CC2)c1C. The number of carboxylic acids is 1. The predicted octanol–water partition coefficient (Wildman–Crippen LogP) is 2.81. The number of piperidine rings is 2. The van der Waals surface area contributed by atoms with Crippen LogP contribution in [-0.4, -0.2) is 67.2 Å². The summed E-state index contributed by atoms with van der Waals surface area (Å²) < 4.78 is 11.7. The third kappa shape index (κ3) is 3.58. The number of carboxylic acid groups (broad SMARTS) is 1. The molecule has 0 bridgehead atoms. The number of likely N-dealkylation sites (tertiary alicyclic amines) is 1. The molecule has 1 aromatic carbocycles. The zero-order valence-corrected chi connectivity index (χ0v) is 16.4. The highest BCUT2D eigenvalue weighted by Crippen LogP contribution is 2.34. The Hall–Kier alpha value is -1.63. The molecular weight excluding hydrogens is 344 g/mol. The first-order chi connectivity index (χ1) is 13.0. The quantitative estimate of drug-likeness (QED) is 0.878. The lowest BCUT2D eigenvalue weighted by atomic mass is 9.95. The van der Waals surface area contributed by atoms with Crippen molar-refractivity contribution >= 4 is 11.7 Å². The van der Waals surface area contributed by atoms with Gasteiger partial charge in [0, 0.05) is 50.7 Å². The summed E-state index contributed by atoms with van der Waals surface area (Å²) in [6.45, 7) is 9.56. The number of hydrogen-bond acceptors (Lipinski definition) is 5. The summed E-state index contributed by atoms with van der Waals surface area (Å²) in [7, 11) is 0. The van der Waals surface area contributed by atoms with Crippen molar-refractivity contribution in [2.75, 3.05) is 44.3 Å². The van der Waals surface area contributed by atoms with Crippen molar-refractivity contribution < 1.29 is 19.4 Å². The molecule has 1 N–H and O–H groups in total. The topological polar surface area (TPSA) is 62.2 Å². The first-order valence-corrected chi connectivity index (χ1v) is 10.1. The van der Waals surface area contributed by atoms with E-state index in [1.807, 2.05) is 19.9 Å². The van der Waals surface area contributed by atoms with Crippen LogP contribution in [0.15, 0.2) is 12.1 Å². The minimum atomic E-state index is -0.848. The molecular formula is C21H30N2O4. The van der Waals surface area contributed by atoms with Crippen molar-refractivity contribution in [3.63, 3.8) is 0 Å². The molecule has 3 fully saturated rings. The van der Waals surface area contributed by atoms with E-state index in [1.165, 1.54) is 5.69 Å². The summed E-state index contributed by atoms with van der Waals surface area (Å²) >= 11 is 0. The van der Waals surface area contributed by atoms with E-state index in [-0.39, 0.29) is 5.79 Å². The van der Waals surface area contributed by atoms with Gasteiger partial charge in [-0.15, -0.1) is 0 Å². The maximum absolute atomic E-state index is 11.3. The van der Waals surface area contributed by atoms with Crippen LogP contribution >= 0.6 is 0 Å². The standard InChI is InChI=1S/C21H30N2O4/c1-15-16(2)19(4-3-18(15)20(24)25)23-9-5-17(6-10-23)22-11-7-21(8-12-22)26-13-14-27-21/h3-4,17H,5-14H2,1-2H3,(H,24,25). The highest BCUT2D eigenvalue weighted by molar-refractivity contribution is 5.90. The molecule has 6 heteroatoms. The van der Waals surface area contributed by atoms with E-state index in [9.17, 15) is 9.90 Å². The average Bonchev–Trinajstić information content (AvgIpc) is 3.12. The molecule has 0 saturated carbocycles. The van der Waals surface area contributed by atoms with Gasteiger partial charge in [-0.1, -0.05) is 0 Å². The average molecular weight is 374 g/mol. The molecule has 0 amide bonds. The van der Waals surface area contributed by atoms with Gasteiger partial charge in [0.1, 0.15) is 0 Å². The summed E-state index contributed by atoms with van der Waals surface area (Å²) in [6, 6.07) is 4.35. The summed E-state index contributed by atoms with van der Waals surface area (Å²) in [5.41, 5.74) is 3.55. The van der Waals surface area contributed by atoms with E-state index in [1.54, 1.807) is 6.07 Å². The van der Waals surface area contributed by atoms with Crippen LogP contribution < -0.4 is 4.90 Å². The molecule has 3 aliphatic rings. The van der Waals surface area contributed by atoms with Crippen molar-refractivity contribution in [1.29, 1.82) is 0 Å². The Bertz CT molecular complexity index is 696. The van der Waals surface area contributed by atoms with E-state index in [2.05, 4.69) is 9.80 Å². The fourth-order valence-corrected chi connectivity index (χ4v) is 4.87. The first kappa shape index (κ1) is 18.7. The highest BCUT2D eigenvalue weighted by Gasteiger charge is 2.41. The van der Waals surface area contributed by atoms with Crippen LogP contribution in [0.4, 0.5) is 5.69 Å². The van der Waals surface area contributed by atoms with Crippen LogP contribution in [0.1, 0.15) is 47.2 Å². The Morgan fingerprint density at radius 2 is 1.67 bits per heavy atom. The monoisotopic (exact) mass is 374 g/mol. The molecule has 3 aliphatic heterocycles. The van der Waals surface area contributed by atoms with Gasteiger partial charge < -0.3 is 19.5 Å². The lowest BCUT2D eigenvalue weighted by molar-refractivity contribution is -0.188. The van der Waals surface area contributed by atoms with Crippen LogP contribution in [0.2, 0.25) is 0 Å². The van der Waals surface area contributed by atoms with Crippen LogP contribution in [0.3, 0.4) is 0 Å². The third-order valence-electron chi connectivity index (χ3n) is 6.68. The number of ether oxygens (including phenoxy) is 2. The number of nitrogens with zero attached hydrogens (tertiary/aromatic N) is 2. The van der Waals surface area contributed by atoms with Crippen LogP contribution in [0, 0.1) is 13.8 Å².